The van der Waals surface area contributed by atoms with Gasteiger partial charge in [-0.05, 0) is 18.1 Å². The van der Waals surface area contributed by atoms with Crippen molar-refractivity contribution >= 4 is 11.8 Å². The minimum Gasteiger partial charge on any atom is -0.460 e. The summed E-state index contributed by atoms with van der Waals surface area (Å²) < 4.78 is 6.49. The van der Waals surface area contributed by atoms with Crippen LogP contribution in [0.4, 0.5) is 0 Å². The summed E-state index contributed by atoms with van der Waals surface area (Å²) in [7, 11) is 0. The molecule has 0 amide bonds. The molecule has 0 saturated heterocycles. The number of rotatable bonds is 3. The monoisotopic (exact) mass is 305 g/mol. The summed E-state index contributed by atoms with van der Waals surface area (Å²) in [6.07, 6.45) is 2.05. The Morgan fingerprint density at radius 3 is 2.86 bits per heavy atom. The van der Waals surface area contributed by atoms with Crippen molar-refractivity contribution < 1.29 is 19.4 Å². The van der Waals surface area contributed by atoms with E-state index in [9.17, 15) is 19.5 Å². The maximum atomic E-state index is 12.6. The Labute approximate surface area is 127 Å². The number of aliphatic hydroxyl groups is 1. The fourth-order valence-corrected chi connectivity index (χ4v) is 3.27. The van der Waals surface area contributed by atoms with E-state index >= 15 is 0 Å². The van der Waals surface area contributed by atoms with Crippen LogP contribution in [0.2, 0.25) is 0 Å². The molecule has 1 aromatic rings. The van der Waals surface area contributed by atoms with Crippen LogP contribution >= 0.6 is 0 Å². The van der Waals surface area contributed by atoms with Crippen LogP contribution < -0.4 is 5.56 Å². The molecule has 0 aromatic carbocycles. The third kappa shape index (κ3) is 2.27. The molecular weight excluding hydrogens is 286 g/mol. The van der Waals surface area contributed by atoms with Crippen LogP contribution in [-0.2, 0) is 28.3 Å². The zero-order valence-corrected chi connectivity index (χ0v) is 12.6. The Bertz CT molecular complexity index is 705. The predicted octanol–water partition coefficient (Wildman–Crippen LogP) is 1.26. The van der Waals surface area contributed by atoms with Crippen molar-refractivity contribution in [3.63, 3.8) is 0 Å². The number of pyridine rings is 1. The van der Waals surface area contributed by atoms with E-state index < -0.39 is 11.6 Å². The van der Waals surface area contributed by atoms with Crippen molar-refractivity contribution in [3.05, 3.63) is 33.2 Å². The van der Waals surface area contributed by atoms with Crippen molar-refractivity contribution in [2.75, 3.05) is 0 Å². The van der Waals surface area contributed by atoms with E-state index in [4.69, 9.17) is 4.74 Å². The average Bonchev–Trinajstić information content (AvgIpc) is 2.79. The molecule has 0 bridgehead atoms. The van der Waals surface area contributed by atoms with Gasteiger partial charge in [-0.2, -0.15) is 0 Å². The molecule has 6 nitrogen and oxygen atoms in total. The predicted molar refractivity (Wildman–Crippen MR) is 77.5 cm³/mol. The van der Waals surface area contributed by atoms with Crippen LogP contribution in [0.15, 0.2) is 10.9 Å². The number of Topliss-reactive ketones (excluding diaryl/α,β-unsaturated/α-hetero) is 1. The van der Waals surface area contributed by atoms with Gasteiger partial charge in [0, 0.05) is 13.0 Å². The zero-order valence-electron chi connectivity index (χ0n) is 12.6. The summed E-state index contributed by atoms with van der Waals surface area (Å²) in [5, 5.41) is 11.0. The van der Waals surface area contributed by atoms with Gasteiger partial charge in [-0.3, -0.25) is 14.4 Å². The Balaban J connectivity index is 2.19. The Morgan fingerprint density at radius 1 is 1.36 bits per heavy atom. The van der Waals surface area contributed by atoms with Gasteiger partial charge in [-0.25, -0.2) is 0 Å². The molecule has 0 radical (unpaired) electrons. The second kappa shape index (κ2) is 5.35. The number of ketones is 1. The van der Waals surface area contributed by atoms with Gasteiger partial charge in [-0.15, -0.1) is 0 Å². The van der Waals surface area contributed by atoms with E-state index in [1.54, 1.807) is 6.07 Å². The van der Waals surface area contributed by atoms with Crippen LogP contribution in [0.25, 0.3) is 0 Å². The highest BCUT2D eigenvalue weighted by molar-refractivity contribution is 5.96. The van der Waals surface area contributed by atoms with E-state index in [1.165, 1.54) is 4.57 Å². The molecule has 0 saturated carbocycles. The molecule has 0 aliphatic carbocycles. The summed E-state index contributed by atoms with van der Waals surface area (Å²) in [5.74, 6) is -0.625. The summed E-state index contributed by atoms with van der Waals surface area (Å²) >= 11 is 0. The standard InChI is InChI=1S/C16H19NO5/c1-2-3-5-16(21)8-14(19)22-9-10-11(16)7-12-13(18)4-6-17(12)15(10)20/h7,21H,2-6,8-9H2,1H3/t16-/m1/s1. The number of fused-ring (bicyclic) bond motifs is 2. The number of unbranched alkanes of at least 4 members (excludes halogenated alkanes) is 1. The number of carbonyl (C=O) groups is 2. The Morgan fingerprint density at radius 2 is 2.14 bits per heavy atom. The minimum atomic E-state index is -1.43. The lowest BCUT2D eigenvalue weighted by molar-refractivity contribution is -0.149. The van der Waals surface area contributed by atoms with E-state index in [2.05, 4.69) is 0 Å². The first-order valence-corrected chi connectivity index (χ1v) is 7.64. The van der Waals surface area contributed by atoms with E-state index in [0.717, 1.165) is 12.8 Å². The zero-order chi connectivity index (χ0) is 15.9. The molecule has 1 atom stereocenters. The maximum Gasteiger partial charge on any atom is 0.309 e. The molecule has 1 aromatic heterocycles. The van der Waals surface area contributed by atoms with Gasteiger partial charge in [0.05, 0.1) is 17.7 Å². The highest BCUT2D eigenvalue weighted by atomic mass is 16.5. The summed E-state index contributed by atoms with van der Waals surface area (Å²) in [6, 6.07) is 1.59. The maximum absolute atomic E-state index is 12.6. The fraction of sp³-hybridized carbons (Fsp3) is 0.562. The number of hydrogen-bond donors (Lipinski definition) is 1. The summed E-state index contributed by atoms with van der Waals surface area (Å²) in [5.41, 5.74) is -0.756. The van der Waals surface area contributed by atoms with Gasteiger partial charge < -0.3 is 14.4 Å². The van der Waals surface area contributed by atoms with E-state index in [-0.39, 0.29) is 24.4 Å². The van der Waals surface area contributed by atoms with Crippen molar-refractivity contribution in [3.8, 4) is 0 Å². The number of cyclic esters (lactones) is 1. The molecule has 2 aliphatic rings. The smallest absolute Gasteiger partial charge is 0.309 e. The lowest BCUT2D eigenvalue weighted by atomic mass is 9.83. The van der Waals surface area contributed by atoms with E-state index in [0.29, 0.717) is 36.2 Å². The molecular formula is C16H19NO5. The highest BCUT2D eigenvalue weighted by Crippen LogP contribution is 2.36. The minimum absolute atomic E-state index is 0.103. The third-order valence-electron chi connectivity index (χ3n) is 4.51. The second-order valence-corrected chi connectivity index (χ2v) is 6.02. The lowest BCUT2D eigenvalue weighted by Gasteiger charge is -2.27. The first kappa shape index (κ1) is 15.0. The van der Waals surface area contributed by atoms with Gasteiger partial charge >= 0.3 is 5.97 Å². The quantitative estimate of drug-likeness (QED) is 0.850. The van der Waals surface area contributed by atoms with Crippen molar-refractivity contribution in [1.29, 1.82) is 0 Å². The molecule has 6 heteroatoms. The molecule has 3 heterocycles. The number of ether oxygens (including phenoxy) is 1. The number of nitrogens with zero attached hydrogens (tertiary/aromatic N) is 1. The van der Waals surface area contributed by atoms with Gasteiger partial charge in [0.15, 0.2) is 5.78 Å². The molecule has 2 aliphatic heterocycles. The topological polar surface area (TPSA) is 85.6 Å². The molecule has 0 spiro atoms. The average molecular weight is 305 g/mol. The number of carbonyl (C=O) groups excluding carboxylic acids is 2. The summed E-state index contributed by atoms with van der Waals surface area (Å²) in [6.45, 7) is 2.19. The molecule has 0 fully saturated rings. The SMILES string of the molecule is CCCC[C@@]1(O)CC(=O)OCc2c1cc1n(c2=O)CCC1=O. The molecule has 0 unspecified atom stereocenters. The van der Waals surface area contributed by atoms with Crippen LogP contribution in [0, 0.1) is 0 Å². The molecule has 3 rings (SSSR count). The number of esters is 1. The van der Waals surface area contributed by atoms with Crippen molar-refractivity contribution in [2.45, 2.75) is 57.8 Å². The van der Waals surface area contributed by atoms with Crippen molar-refractivity contribution in [2.24, 2.45) is 0 Å². The van der Waals surface area contributed by atoms with Gasteiger partial charge in [-0.1, -0.05) is 19.8 Å². The third-order valence-corrected chi connectivity index (χ3v) is 4.51. The lowest BCUT2D eigenvalue weighted by Crippen LogP contribution is -2.33. The van der Waals surface area contributed by atoms with Crippen LogP contribution in [-0.4, -0.2) is 21.4 Å². The Hall–Kier alpha value is -1.95. The van der Waals surface area contributed by atoms with Crippen LogP contribution in [0.5, 0.6) is 0 Å². The number of aromatic nitrogens is 1. The van der Waals surface area contributed by atoms with Crippen molar-refractivity contribution in [1.82, 2.24) is 4.57 Å². The highest BCUT2D eigenvalue weighted by Gasteiger charge is 2.40. The molecule has 1 N–H and O–H groups in total. The van der Waals surface area contributed by atoms with Gasteiger partial charge in [0.25, 0.3) is 5.56 Å². The van der Waals surface area contributed by atoms with E-state index in [1.807, 2.05) is 6.92 Å². The summed E-state index contributed by atoms with van der Waals surface area (Å²) in [4.78, 5) is 36.3. The first-order chi connectivity index (χ1) is 10.5. The van der Waals surface area contributed by atoms with Crippen LogP contribution in [0.3, 0.4) is 0 Å². The normalized spacial score (nSPS) is 23.7. The largest absolute Gasteiger partial charge is 0.460 e. The molecule has 118 valence electrons. The fourth-order valence-electron chi connectivity index (χ4n) is 3.27. The van der Waals surface area contributed by atoms with Crippen LogP contribution in [0.1, 0.15) is 60.6 Å². The Kier molecular flexibility index (Phi) is 3.64. The van der Waals surface area contributed by atoms with Gasteiger partial charge in [0.2, 0.25) is 0 Å². The second-order valence-electron chi connectivity index (χ2n) is 6.02. The van der Waals surface area contributed by atoms with Gasteiger partial charge in [0.1, 0.15) is 12.2 Å². The first-order valence-electron chi connectivity index (χ1n) is 7.64. The number of hydrogen-bond acceptors (Lipinski definition) is 5. The molecule has 22 heavy (non-hydrogen) atoms.